The third-order valence-electron chi connectivity index (χ3n) is 3.73. The van der Waals surface area contributed by atoms with Gasteiger partial charge in [0.1, 0.15) is 5.78 Å². The van der Waals surface area contributed by atoms with Crippen LogP contribution in [-0.2, 0) is 17.6 Å². The van der Waals surface area contributed by atoms with E-state index in [4.69, 9.17) is 0 Å². The zero-order valence-corrected chi connectivity index (χ0v) is 13.4. The molecule has 1 nitrogen and oxygen atoms in total. The van der Waals surface area contributed by atoms with E-state index in [0.717, 1.165) is 11.1 Å². The Labute approximate surface area is 128 Å². The van der Waals surface area contributed by atoms with Crippen molar-refractivity contribution in [2.45, 2.75) is 46.5 Å². The van der Waals surface area contributed by atoms with E-state index in [2.05, 4.69) is 70.2 Å². The summed E-state index contributed by atoms with van der Waals surface area (Å²) in [6, 6.07) is 14.8. The Morgan fingerprint density at radius 2 is 1.38 bits per heavy atom. The highest BCUT2D eigenvalue weighted by molar-refractivity contribution is 5.83. The van der Waals surface area contributed by atoms with Crippen molar-refractivity contribution in [3.63, 3.8) is 0 Å². The first kappa shape index (κ1) is 15.5. The van der Waals surface area contributed by atoms with Crippen LogP contribution in [0.4, 0.5) is 0 Å². The van der Waals surface area contributed by atoms with Gasteiger partial charge in [-0.1, -0.05) is 67.4 Å². The Balaban J connectivity index is 2.01. The first-order valence-corrected chi connectivity index (χ1v) is 7.62. The fourth-order valence-electron chi connectivity index (χ4n) is 2.71. The SMILES string of the molecule is Cc1cc(C)cc(CC(=O)Cc2ccc(C(C)C)cc2)c1. The van der Waals surface area contributed by atoms with Crippen molar-refractivity contribution in [1.29, 1.82) is 0 Å². The molecule has 110 valence electrons. The summed E-state index contributed by atoms with van der Waals surface area (Å²) >= 11 is 0. The van der Waals surface area contributed by atoms with Crippen LogP contribution in [0.2, 0.25) is 0 Å². The highest BCUT2D eigenvalue weighted by atomic mass is 16.1. The van der Waals surface area contributed by atoms with Crippen LogP contribution >= 0.6 is 0 Å². The van der Waals surface area contributed by atoms with Crippen molar-refractivity contribution in [2.24, 2.45) is 0 Å². The molecule has 0 saturated heterocycles. The number of aryl methyl sites for hydroxylation is 2. The Kier molecular flexibility index (Phi) is 4.95. The lowest BCUT2D eigenvalue weighted by atomic mass is 9.97. The minimum atomic E-state index is 0.275. The summed E-state index contributed by atoms with van der Waals surface area (Å²) in [5.41, 5.74) is 5.99. The average molecular weight is 280 g/mol. The third kappa shape index (κ3) is 4.56. The third-order valence-corrected chi connectivity index (χ3v) is 3.73. The van der Waals surface area contributed by atoms with Gasteiger partial charge < -0.3 is 0 Å². The molecule has 0 spiro atoms. The molecule has 0 radical (unpaired) electrons. The smallest absolute Gasteiger partial charge is 0.141 e. The predicted molar refractivity (Wildman–Crippen MR) is 88.9 cm³/mol. The van der Waals surface area contributed by atoms with E-state index in [9.17, 15) is 4.79 Å². The summed E-state index contributed by atoms with van der Waals surface area (Å²) in [6.07, 6.45) is 1.04. The molecular formula is C20H24O. The molecule has 0 fully saturated rings. The summed E-state index contributed by atoms with van der Waals surface area (Å²) in [7, 11) is 0. The molecule has 0 amide bonds. The molecule has 0 bridgehead atoms. The maximum atomic E-state index is 12.2. The van der Waals surface area contributed by atoms with Gasteiger partial charge in [-0.05, 0) is 36.5 Å². The van der Waals surface area contributed by atoms with Crippen molar-refractivity contribution >= 4 is 5.78 Å². The van der Waals surface area contributed by atoms with Gasteiger partial charge in [-0.15, -0.1) is 0 Å². The number of carbonyl (C=O) groups excluding carboxylic acids is 1. The van der Waals surface area contributed by atoms with Crippen LogP contribution in [-0.4, -0.2) is 5.78 Å². The molecule has 0 aromatic heterocycles. The van der Waals surface area contributed by atoms with Gasteiger partial charge in [0.15, 0.2) is 0 Å². The molecule has 2 aromatic rings. The maximum Gasteiger partial charge on any atom is 0.141 e. The van der Waals surface area contributed by atoms with Crippen molar-refractivity contribution in [3.05, 3.63) is 70.3 Å². The van der Waals surface area contributed by atoms with Crippen molar-refractivity contribution in [3.8, 4) is 0 Å². The first-order chi connectivity index (χ1) is 9.94. The second kappa shape index (κ2) is 6.71. The van der Waals surface area contributed by atoms with Crippen LogP contribution in [0.5, 0.6) is 0 Å². The number of carbonyl (C=O) groups is 1. The number of rotatable bonds is 5. The maximum absolute atomic E-state index is 12.2. The fraction of sp³-hybridized carbons (Fsp3) is 0.350. The normalized spacial score (nSPS) is 10.9. The molecule has 0 saturated carbocycles. The second-order valence-corrected chi connectivity index (χ2v) is 6.28. The number of Topliss-reactive ketones (excluding diaryl/α,β-unsaturated/α-hetero) is 1. The zero-order valence-electron chi connectivity index (χ0n) is 13.4. The lowest BCUT2D eigenvalue weighted by Gasteiger charge is -2.07. The molecule has 0 aliphatic carbocycles. The molecular weight excluding hydrogens is 256 g/mol. The molecule has 0 heterocycles. The van der Waals surface area contributed by atoms with Gasteiger partial charge in [0.05, 0.1) is 0 Å². The van der Waals surface area contributed by atoms with E-state index in [1.165, 1.54) is 16.7 Å². The van der Waals surface area contributed by atoms with Gasteiger partial charge in [0.2, 0.25) is 0 Å². The number of hydrogen-bond acceptors (Lipinski definition) is 1. The van der Waals surface area contributed by atoms with Crippen molar-refractivity contribution in [1.82, 2.24) is 0 Å². The summed E-state index contributed by atoms with van der Waals surface area (Å²) in [4.78, 5) is 12.2. The monoisotopic (exact) mass is 280 g/mol. The quantitative estimate of drug-likeness (QED) is 0.770. The van der Waals surface area contributed by atoms with Gasteiger partial charge in [-0.25, -0.2) is 0 Å². The van der Waals surface area contributed by atoms with Gasteiger partial charge in [0.25, 0.3) is 0 Å². The molecule has 0 aliphatic heterocycles. The van der Waals surface area contributed by atoms with Crippen LogP contribution in [0.15, 0.2) is 42.5 Å². The lowest BCUT2D eigenvalue weighted by molar-refractivity contribution is -0.117. The van der Waals surface area contributed by atoms with E-state index < -0.39 is 0 Å². The predicted octanol–water partition coefficient (Wildman–Crippen LogP) is 4.78. The van der Waals surface area contributed by atoms with E-state index in [-0.39, 0.29) is 5.78 Å². The lowest BCUT2D eigenvalue weighted by Crippen LogP contribution is -2.07. The van der Waals surface area contributed by atoms with Crippen molar-refractivity contribution < 1.29 is 4.79 Å². The summed E-state index contributed by atoms with van der Waals surface area (Å²) < 4.78 is 0. The average Bonchev–Trinajstić information content (AvgIpc) is 2.37. The summed E-state index contributed by atoms with van der Waals surface area (Å²) in [5, 5.41) is 0. The van der Waals surface area contributed by atoms with Crippen LogP contribution < -0.4 is 0 Å². The van der Waals surface area contributed by atoms with Crippen LogP contribution in [0, 0.1) is 13.8 Å². The number of hydrogen-bond donors (Lipinski definition) is 0. The molecule has 1 heteroatoms. The topological polar surface area (TPSA) is 17.1 Å². The Morgan fingerprint density at radius 3 is 1.90 bits per heavy atom. The van der Waals surface area contributed by atoms with Gasteiger partial charge in [-0.3, -0.25) is 4.79 Å². The minimum Gasteiger partial charge on any atom is -0.299 e. The van der Waals surface area contributed by atoms with Crippen LogP contribution in [0.1, 0.15) is 47.6 Å². The van der Waals surface area contributed by atoms with Crippen LogP contribution in [0.3, 0.4) is 0 Å². The summed E-state index contributed by atoms with van der Waals surface area (Å²) in [6.45, 7) is 8.51. The fourth-order valence-corrected chi connectivity index (χ4v) is 2.71. The molecule has 0 unspecified atom stereocenters. The second-order valence-electron chi connectivity index (χ2n) is 6.28. The number of benzene rings is 2. The highest BCUT2D eigenvalue weighted by Crippen LogP contribution is 2.16. The van der Waals surface area contributed by atoms with Crippen molar-refractivity contribution in [2.75, 3.05) is 0 Å². The largest absolute Gasteiger partial charge is 0.299 e. The Hall–Kier alpha value is -1.89. The Morgan fingerprint density at radius 1 is 0.857 bits per heavy atom. The number of ketones is 1. The Bertz CT molecular complexity index is 601. The molecule has 0 atom stereocenters. The minimum absolute atomic E-state index is 0.275. The standard InChI is InChI=1S/C20H24O/c1-14(2)19-7-5-17(6-8-19)12-20(21)13-18-10-15(3)9-16(4)11-18/h5-11,14H,12-13H2,1-4H3. The molecule has 0 aliphatic rings. The first-order valence-electron chi connectivity index (χ1n) is 7.62. The van der Waals surface area contributed by atoms with E-state index in [1.807, 2.05) is 0 Å². The molecule has 0 N–H and O–H groups in total. The zero-order chi connectivity index (χ0) is 15.4. The van der Waals surface area contributed by atoms with E-state index in [0.29, 0.717) is 18.8 Å². The van der Waals surface area contributed by atoms with E-state index >= 15 is 0 Å². The molecule has 2 aromatic carbocycles. The summed E-state index contributed by atoms with van der Waals surface area (Å²) in [5.74, 6) is 0.808. The highest BCUT2D eigenvalue weighted by Gasteiger charge is 2.07. The molecule has 2 rings (SSSR count). The van der Waals surface area contributed by atoms with Gasteiger partial charge in [0, 0.05) is 12.8 Å². The van der Waals surface area contributed by atoms with Gasteiger partial charge >= 0.3 is 0 Å². The molecule has 21 heavy (non-hydrogen) atoms. The van der Waals surface area contributed by atoms with Crippen LogP contribution in [0.25, 0.3) is 0 Å². The van der Waals surface area contributed by atoms with Gasteiger partial charge in [-0.2, -0.15) is 0 Å². The van der Waals surface area contributed by atoms with E-state index in [1.54, 1.807) is 0 Å².